The summed E-state index contributed by atoms with van der Waals surface area (Å²) in [5.74, 6) is 0.250. The molecule has 0 bridgehead atoms. The number of carbonyl (C=O) groups is 2. The van der Waals surface area contributed by atoms with E-state index in [2.05, 4.69) is 12.1 Å². The third kappa shape index (κ3) is 5.85. The highest BCUT2D eigenvalue weighted by Crippen LogP contribution is 2.11. The van der Waals surface area contributed by atoms with Gasteiger partial charge in [0.2, 0.25) is 5.91 Å². The van der Waals surface area contributed by atoms with Gasteiger partial charge < -0.3 is 14.5 Å². The highest BCUT2D eigenvalue weighted by atomic mass is 16.5. The SMILES string of the molecule is CCO[C@@H](CC)C(=O)N1CCN(C(=O)CCCc2ccccc2)CC1. The second-order valence-electron chi connectivity index (χ2n) is 6.40. The number of aryl methyl sites for hydroxylation is 1. The molecule has 5 heteroatoms. The van der Waals surface area contributed by atoms with Crippen LogP contribution in [0.25, 0.3) is 0 Å². The van der Waals surface area contributed by atoms with Crippen LogP contribution in [0.4, 0.5) is 0 Å². The molecule has 5 nitrogen and oxygen atoms in total. The first-order valence-electron chi connectivity index (χ1n) is 9.37. The molecule has 1 aromatic rings. The summed E-state index contributed by atoms with van der Waals surface area (Å²) in [6.45, 7) is 6.87. The van der Waals surface area contributed by atoms with Crippen molar-refractivity contribution in [1.29, 1.82) is 0 Å². The van der Waals surface area contributed by atoms with E-state index in [1.807, 2.05) is 41.8 Å². The minimum atomic E-state index is -0.349. The normalized spacial score (nSPS) is 15.9. The van der Waals surface area contributed by atoms with E-state index in [0.29, 0.717) is 45.6 Å². The van der Waals surface area contributed by atoms with Gasteiger partial charge in [0.25, 0.3) is 5.91 Å². The molecule has 0 spiro atoms. The summed E-state index contributed by atoms with van der Waals surface area (Å²) in [7, 11) is 0. The van der Waals surface area contributed by atoms with E-state index in [1.54, 1.807) is 0 Å². The lowest BCUT2D eigenvalue weighted by Gasteiger charge is -2.36. The molecule has 0 aliphatic carbocycles. The number of piperazine rings is 1. The van der Waals surface area contributed by atoms with Crippen LogP contribution in [0, 0.1) is 0 Å². The molecule has 2 rings (SSSR count). The highest BCUT2D eigenvalue weighted by Gasteiger charge is 2.28. The van der Waals surface area contributed by atoms with Crippen molar-refractivity contribution in [2.24, 2.45) is 0 Å². The fourth-order valence-electron chi connectivity index (χ4n) is 3.19. The fourth-order valence-corrected chi connectivity index (χ4v) is 3.19. The van der Waals surface area contributed by atoms with Crippen molar-refractivity contribution >= 4 is 11.8 Å². The molecule has 2 amide bonds. The number of carbonyl (C=O) groups excluding carboxylic acids is 2. The Morgan fingerprint density at radius 2 is 1.68 bits per heavy atom. The Hall–Kier alpha value is -1.88. The Morgan fingerprint density at radius 3 is 2.28 bits per heavy atom. The van der Waals surface area contributed by atoms with Crippen LogP contribution in [0.5, 0.6) is 0 Å². The lowest BCUT2D eigenvalue weighted by molar-refractivity contribution is -0.148. The Labute approximate surface area is 150 Å². The van der Waals surface area contributed by atoms with Gasteiger partial charge in [-0.05, 0) is 31.7 Å². The quantitative estimate of drug-likeness (QED) is 0.727. The van der Waals surface area contributed by atoms with Crippen LogP contribution in [0.2, 0.25) is 0 Å². The van der Waals surface area contributed by atoms with E-state index in [1.165, 1.54) is 5.56 Å². The molecule has 1 aromatic carbocycles. The van der Waals surface area contributed by atoms with Gasteiger partial charge in [0, 0.05) is 39.2 Å². The van der Waals surface area contributed by atoms with Crippen molar-refractivity contribution in [3.63, 3.8) is 0 Å². The Bertz CT molecular complexity index is 539. The Balaban J connectivity index is 1.71. The minimum Gasteiger partial charge on any atom is -0.369 e. The molecule has 1 atom stereocenters. The predicted molar refractivity (Wildman–Crippen MR) is 98.2 cm³/mol. The maximum Gasteiger partial charge on any atom is 0.251 e. The van der Waals surface area contributed by atoms with Gasteiger partial charge in [-0.15, -0.1) is 0 Å². The summed E-state index contributed by atoms with van der Waals surface area (Å²) in [6, 6.07) is 10.2. The number of amides is 2. The number of rotatable bonds is 8. The van der Waals surface area contributed by atoms with Gasteiger partial charge in [0.15, 0.2) is 0 Å². The van der Waals surface area contributed by atoms with Gasteiger partial charge in [-0.2, -0.15) is 0 Å². The van der Waals surface area contributed by atoms with Crippen LogP contribution in [0.1, 0.15) is 38.7 Å². The van der Waals surface area contributed by atoms with E-state index in [9.17, 15) is 9.59 Å². The maximum absolute atomic E-state index is 12.4. The average Bonchev–Trinajstić information content (AvgIpc) is 2.66. The fraction of sp³-hybridized carbons (Fsp3) is 0.600. The molecule has 25 heavy (non-hydrogen) atoms. The molecule has 0 N–H and O–H groups in total. The zero-order chi connectivity index (χ0) is 18.1. The second kappa shape index (κ2) is 10.2. The smallest absolute Gasteiger partial charge is 0.251 e. The van der Waals surface area contributed by atoms with Gasteiger partial charge in [0.1, 0.15) is 6.10 Å². The molecular formula is C20H30N2O3. The molecule has 0 radical (unpaired) electrons. The van der Waals surface area contributed by atoms with Crippen molar-refractivity contribution in [2.45, 2.75) is 45.6 Å². The molecular weight excluding hydrogens is 316 g/mol. The van der Waals surface area contributed by atoms with Gasteiger partial charge in [-0.1, -0.05) is 37.3 Å². The number of benzene rings is 1. The molecule has 1 saturated heterocycles. The zero-order valence-corrected chi connectivity index (χ0v) is 15.4. The first-order chi connectivity index (χ1) is 12.2. The molecule has 0 saturated carbocycles. The van der Waals surface area contributed by atoms with Crippen LogP contribution in [-0.4, -0.2) is 60.5 Å². The number of hydrogen-bond donors (Lipinski definition) is 0. The maximum atomic E-state index is 12.4. The van der Waals surface area contributed by atoms with Gasteiger partial charge >= 0.3 is 0 Å². The molecule has 1 aliphatic rings. The van der Waals surface area contributed by atoms with Crippen LogP contribution in [0.15, 0.2) is 30.3 Å². The second-order valence-corrected chi connectivity index (χ2v) is 6.40. The topological polar surface area (TPSA) is 49.9 Å². The van der Waals surface area contributed by atoms with E-state index < -0.39 is 0 Å². The monoisotopic (exact) mass is 346 g/mol. The van der Waals surface area contributed by atoms with Crippen LogP contribution >= 0.6 is 0 Å². The summed E-state index contributed by atoms with van der Waals surface area (Å²) in [5.41, 5.74) is 1.27. The van der Waals surface area contributed by atoms with E-state index >= 15 is 0 Å². The summed E-state index contributed by atoms with van der Waals surface area (Å²) in [4.78, 5) is 28.5. The van der Waals surface area contributed by atoms with Crippen molar-refractivity contribution in [2.75, 3.05) is 32.8 Å². The minimum absolute atomic E-state index is 0.0560. The van der Waals surface area contributed by atoms with Crippen LogP contribution in [0.3, 0.4) is 0 Å². The predicted octanol–water partition coefficient (Wildman–Crippen LogP) is 2.50. The van der Waals surface area contributed by atoms with Crippen molar-refractivity contribution < 1.29 is 14.3 Å². The largest absolute Gasteiger partial charge is 0.369 e. The van der Waals surface area contributed by atoms with E-state index in [4.69, 9.17) is 4.74 Å². The van der Waals surface area contributed by atoms with Crippen LogP contribution in [-0.2, 0) is 20.7 Å². The summed E-state index contributed by atoms with van der Waals surface area (Å²) in [6.07, 6.45) is 2.70. The third-order valence-corrected chi connectivity index (χ3v) is 4.66. The van der Waals surface area contributed by atoms with Gasteiger partial charge in [-0.3, -0.25) is 9.59 Å². The zero-order valence-electron chi connectivity index (χ0n) is 15.4. The number of ether oxygens (including phenoxy) is 1. The molecule has 138 valence electrons. The summed E-state index contributed by atoms with van der Waals surface area (Å²) >= 11 is 0. The number of nitrogens with zero attached hydrogens (tertiary/aromatic N) is 2. The molecule has 1 heterocycles. The number of hydrogen-bond acceptors (Lipinski definition) is 3. The lowest BCUT2D eigenvalue weighted by atomic mass is 10.1. The van der Waals surface area contributed by atoms with Crippen molar-refractivity contribution in [3.05, 3.63) is 35.9 Å². The molecule has 1 fully saturated rings. The van der Waals surface area contributed by atoms with Crippen molar-refractivity contribution in [3.8, 4) is 0 Å². The average molecular weight is 346 g/mol. The molecule has 0 unspecified atom stereocenters. The Kier molecular flexibility index (Phi) is 7.92. The van der Waals surface area contributed by atoms with E-state index in [-0.39, 0.29) is 17.9 Å². The third-order valence-electron chi connectivity index (χ3n) is 4.66. The molecule has 1 aliphatic heterocycles. The first-order valence-corrected chi connectivity index (χ1v) is 9.37. The van der Waals surface area contributed by atoms with Gasteiger partial charge in [-0.25, -0.2) is 0 Å². The van der Waals surface area contributed by atoms with Gasteiger partial charge in [0.05, 0.1) is 0 Å². The molecule has 0 aromatic heterocycles. The Morgan fingerprint density at radius 1 is 1.04 bits per heavy atom. The van der Waals surface area contributed by atoms with Crippen LogP contribution < -0.4 is 0 Å². The van der Waals surface area contributed by atoms with Crippen molar-refractivity contribution in [1.82, 2.24) is 9.80 Å². The standard InChI is InChI=1S/C20H30N2O3/c1-3-18(25-4-2)20(24)22-15-13-21(14-16-22)19(23)12-8-11-17-9-6-5-7-10-17/h5-7,9-10,18H,3-4,8,11-16H2,1-2H3/t18-/m0/s1. The first kappa shape index (κ1) is 19.4. The van der Waals surface area contributed by atoms with E-state index in [0.717, 1.165) is 12.8 Å². The highest BCUT2D eigenvalue weighted by molar-refractivity contribution is 5.81. The summed E-state index contributed by atoms with van der Waals surface area (Å²) in [5, 5.41) is 0. The lowest BCUT2D eigenvalue weighted by Crippen LogP contribution is -2.53. The summed E-state index contributed by atoms with van der Waals surface area (Å²) < 4.78 is 5.50.